The smallest absolute Gasteiger partial charge is 0.219 e. The number of nitrogens with one attached hydrogen (secondary N) is 1. The Morgan fingerprint density at radius 2 is 2.14 bits per heavy atom. The zero-order chi connectivity index (χ0) is 15.2. The Hall–Kier alpha value is -1.89. The number of carbonyl (C=O) groups excluding carboxylic acids is 1. The van der Waals surface area contributed by atoms with Gasteiger partial charge in [0.2, 0.25) is 5.91 Å². The molecule has 1 aliphatic rings. The third-order valence-corrected chi connectivity index (χ3v) is 3.80. The van der Waals surface area contributed by atoms with Gasteiger partial charge in [-0.1, -0.05) is 13.3 Å². The van der Waals surface area contributed by atoms with E-state index in [9.17, 15) is 4.79 Å². The summed E-state index contributed by atoms with van der Waals surface area (Å²) in [5.74, 6) is 7.32. The second-order valence-corrected chi connectivity index (χ2v) is 5.27. The van der Waals surface area contributed by atoms with Crippen molar-refractivity contribution in [3.8, 4) is 0 Å². The second kappa shape index (κ2) is 7.21. The maximum Gasteiger partial charge on any atom is 0.219 e. The number of rotatable bonds is 4. The summed E-state index contributed by atoms with van der Waals surface area (Å²) < 4.78 is 0. The first-order valence-corrected chi connectivity index (χ1v) is 7.48. The van der Waals surface area contributed by atoms with Crippen LogP contribution in [0.15, 0.2) is 6.33 Å². The highest BCUT2D eigenvalue weighted by atomic mass is 16.2. The molecule has 7 nitrogen and oxygen atoms in total. The number of hydrazine groups is 1. The summed E-state index contributed by atoms with van der Waals surface area (Å²) in [7, 11) is 0. The van der Waals surface area contributed by atoms with Crippen LogP contribution in [0.4, 0.5) is 11.6 Å². The van der Waals surface area contributed by atoms with Crippen LogP contribution in [0, 0.1) is 0 Å². The van der Waals surface area contributed by atoms with Crippen molar-refractivity contribution in [1.82, 2.24) is 14.9 Å². The summed E-state index contributed by atoms with van der Waals surface area (Å²) in [6, 6.07) is 0. The number of carbonyl (C=O) groups is 1. The van der Waals surface area contributed by atoms with Gasteiger partial charge in [0, 0.05) is 38.7 Å². The average Bonchev–Trinajstić information content (AvgIpc) is 2.73. The molecule has 0 bridgehead atoms. The highest BCUT2D eigenvalue weighted by molar-refractivity contribution is 5.73. The topological polar surface area (TPSA) is 87.4 Å². The van der Waals surface area contributed by atoms with E-state index >= 15 is 0 Å². The first-order valence-electron chi connectivity index (χ1n) is 7.48. The molecule has 1 aromatic heterocycles. The molecule has 1 aliphatic heterocycles. The Labute approximate surface area is 125 Å². The standard InChI is InChI=1S/C14H24N6O/c1-3-5-12-13(18-15)16-10-17-14(12)20-7-4-6-19(8-9-20)11(2)21/h10H,3-9,15H2,1-2H3,(H,16,17,18). The van der Waals surface area contributed by atoms with Crippen LogP contribution in [-0.2, 0) is 11.2 Å². The lowest BCUT2D eigenvalue weighted by molar-refractivity contribution is -0.128. The van der Waals surface area contributed by atoms with E-state index in [0.717, 1.165) is 56.8 Å². The molecule has 0 unspecified atom stereocenters. The van der Waals surface area contributed by atoms with E-state index in [2.05, 4.69) is 27.2 Å². The van der Waals surface area contributed by atoms with Crippen molar-refractivity contribution in [2.45, 2.75) is 33.1 Å². The normalized spacial score (nSPS) is 15.8. The molecule has 2 heterocycles. The first-order chi connectivity index (χ1) is 10.2. The summed E-state index contributed by atoms with van der Waals surface area (Å²) in [6.07, 6.45) is 4.36. The van der Waals surface area contributed by atoms with E-state index < -0.39 is 0 Å². The molecule has 1 aromatic rings. The monoisotopic (exact) mass is 292 g/mol. The molecule has 116 valence electrons. The predicted octanol–water partition coefficient (Wildman–Crippen LogP) is 0.773. The lowest BCUT2D eigenvalue weighted by Gasteiger charge is -2.25. The summed E-state index contributed by atoms with van der Waals surface area (Å²) >= 11 is 0. The van der Waals surface area contributed by atoms with Crippen molar-refractivity contribution in [3.05, 3.63) is 11.9 Å². The zero-order valence-corrected chi connectivity index (χ0v) is 12.8. The molecule has 2 rings (SSSR count). The third kappa shape index (κ3) is 3.60. The van der Waals surface area contributed by atoms with Crippen LogP contribution >= 0.6 is 0 Å². The number of hydrogen-bond acceptors (Lipinski definition) is 6. The van der Waals surface area contributed by atoms with Crippen LogP contribution in [0.25, 0.3) is 0 Å². The van der Waals surface area contributed by atoms with E-state index in [0.29, 0.717) is 5.82 Å². The molecular formula is C14H24N6O. The largest absolute Gasteiger partial charge is 0.354 e. The highest BCUT2D eigenvalue weighted by Gasteiger charge is 2.21. The minimum absolute atomic E-state index is 0.137. The fourth-order valence-electron chi connectivity index (χ4n) is 2.72. The van der Waals surface area contributed by atoms with Crippen molar-refractivity contribution >= 4 is 17.5 Å². The summed E-state index contributed by atoms with van der Waals surface area (Å²) in [4.78, 5) is 24.3. The number of hydrogen-bond donors (Lipinski definition) is 2. The van der Waals surface area contributed by atoms with E-state index in [1.165, 1.54) is 6.33 Å². The number of nitrogens with two attached hydrogens (primary N) is 1. The highest BCUT2D eigenvalue weighted by Crippen LogP contribution is 2.25. The zero-order valence-electron chi connectivity index (χ0n) is 12.8. The number of anilines is 2. The third-order valence-electron chi connectivity index (χ3n) is 3.80. The quantitative estimate of drug-likeness (QED) is 0.630. The summed E-state index contributed by atoms with van der Waals surface area (Å²) in [5.41, 5.74) is 3.71. The Morgan fingerprint density at radius 1 is 1.33 bits per heavy atom. The second-order valence-electron chi connectivity index (χ2n) is 5.27. The number of nitrogen functional groups attached to an aromatic ring is 1. The van der Waals surface area contributed by atoms with Gasteiger partial charge in [-0.15, -0.1) is 0 Å². The van der Waals surface area contributed by atoms with Gasteiger partial charge >= 0.3 is 0 Å². The summed E-state index contributed by atoms with van der Waals surface area (Å²) in [5, 5.41) is 0. The Bertz CT molecular complexity index is 492. The molecule has 0 spiro atoms. The predicted molar refractivity (Wildman–Crippen MR) is 82.9 cm³/mol. The first kappa shape index (κ1) is 15.5. The molecule has 1 fully saturated rings. The van der Waals surface area contributed by atoms with E-state index in [1.54, 1.807) is 6.92 Å². The van der Waals surface area contributed by atoms with E-state index in [1.807, 2.05) is 4.90 Å². The van der Waals surface area contributed by atoms with Crippen LogP contribution in [-0.4, -0.2) is 47.0 Å². The fourth-order valence-corrected chi connectivity index (χ4v) is 2.72. The minimum atomic E-state index is 0.137. The van der Waals surface area contributed by atoms with Gasteiger partial charge in [-0.2, -0.15) is 0 Å². The van der Waals surface area contributed by atoms with Gasteiger partial charge in [-0.25, -0.2) is 15.8 Å². The maximum absolute atomic E-state index is 11.5. The number of amides is 1. The van der Waals surface area contributed by atoms with Crippen molar-refractivity contribution < 1.29 is 4.79 Å². The van der Waals surface area contributed by atoms with Gasteiger partial charge in [0.05, 0.1) is 0 Å². The molecule has 0 radical (unpaired) electrons. The molecule has 0 saturated carbocycles. The van der Waals surface area contributed by atoms with Gasteiger partial charge in [0.25, 0.3) is 0 Å². The van der Waals surface area contributed by atoms with Crippen LogP contribution in [0.3, 0.4) is 0 Å². The molecule has 3 N–H and O–H groups in total. The van der Waals surface area contributed by atoms with Crippen LogP contribution in [0.5, 0.6) is 0 Å². The maximum atomic E-state index is 11.5. The molecule has 0 atom stereocenters. The molecule has 0 aliphatic carbocycles. The van der Waals surface area contributed by atoms with Gasteiger partial charge in [0.15, 0.2) is 0 Å². The van der Waals surface area contributed by atoms with Gasteiger partial charge in [-0.05, 0) is 12.8 Å². The van der Waals surface area contributed by atoms with Gasteiger partial charge in [-0.3, -0.25) is 4.79 Å². The van der Waals surface area contributed by atoms with Crippen LogP contribution < -0.4 is 16.2 Å². The van der Waals surface area contributed by atoms with Crippen LogP contribution in [0.1, 0.15) is 32.3 Å². The fraction of sp³-hybridized carbons (Fsp3) is 0.643. The summed E-state index contributed by atoms with van der Waals surface area (Å²) in [6.45, 7) is 6.97. The van der Waals surface area contributed by atoms with Crippen LogP contribution in [0.2, 0.25) is 0 Å². The van der Waals surface area contributed by atoms with E-state index in [4.69, 9.17) is 5.84 Å². The molecule has 1 amide bonds. The number of nitrogens with zero attached hydrogens (tertiary/aromatic N) is 4. The molecule has 1 saturated heterocycles. The van der Waals surface area contributed by atoms with E-state index in [-0.39, 0.29) is 5.91 Å². The van der Waals surface area contributed by atoms with Crippen molar-refractivity contribution in [1.29, 1.82) is 0 Å². The Morgan fingerprint density at radius 3 is 2.81 bits per heavy atom. The van der Waals surface area contributed by atoms with Gasteiger partial charge < -0.3 is 15.2 Å². The lowest BCUT2D eigenvalue weighted by atomic mass is 10.1. The molecule has 21 heavy (non-hydrogen) atoms. The molecular weight excluding hydrogens is 268 g/mol. The Balaban J connectivity index is 2.22. The lowest BCUT2D eigenvalue weighted by Crippen LogP contribution is -2.34. The SMILES string of the molecule is CCCc1c(NN)ncnc1N1CCCN(C(C)=O)CC1. The Kier molecular flexibility index (Phi) is 5.32. The molecule has 7 heteroatoms. The van der Waals surface area contributed by atoms with Crippen molar-refractivity contribution in [2.24, 2.45) is 5.84 Å². The number of aromatic nitrogens is 2. The van der Waals surface area contributed by atoms with Crippen molar-refractivity contribution in [3.63, 3.8) is 0 Å². The van der Waals surface area contributed by atoms with Gasteiger partial charge in [0.1, 0.15) is 18.0 Å². The van der Waals surface area contributed by atoms with Crippen molar-refractivity contribution in [2.75, 3.05) is 36.5 Å². The average molecular weight is 292 g/mol. The molecule has 0 aromatic carbocycles. The minimum Gasteiger partial charge on any atom is -0.354 e.